The molecular formula is C27H23FN2O3S2. The van der Waals surface area contributed by atoms with Gasteiger partial charge in [-0.15, -0.1) is 11.3 Å². The first-order chi connectivity index (χ1) is 16.8. The van der Waals surface area contributed by atoms with Crippen LogP contribution in [0.5, 0.6) is 0 Å². The average molecular weight is 507 g/mol. The Morgan fingerprint density at radius 1 is 0.971 bits per heavy atom. The number of carbonyl (C=O) groups excluding carboxylic acids is 1. The second-order valence-corrected chi connectivity index (χ2v) is 11.5. The lowest BCUT2D eigenvalue weighted by Gasteiger charge is -2.14. The van der Waals surface area contributed by atoms with Crippen molar-refractivity contribution < 1.29 is 17.6 Å². The monoisotopic (exact) mass is 506 g/mol. The zero-order valence-corrected chi connectivity index (χ0v) is 20.5. The summed E-state index contributed by atoms with van der Waals surface area (Å²) in [6.45, 7) is 1.92. The Morgan fingerprint density at radius 3 is 2.49 bits per heavy atom. The highest BCUT2D eigenvalue weighted by Gasteiger charge is 2.27. The number of hydrogen-bond acceptors (Lipinski definition) is 4. The number of aryl methyl sites for hydroxylation is 1. The molecular weight excluding hydrogens is 483 g/mol. The van der Waals surface area contributed by atoms with Crippen molar-refractivity contribution in [3.8, 4) is 11.1 Å². The summed E-state index contributed by atoms with van der Waals surface area (Å²) in [4.78, 5) is 13.2. The molecule has 1 heterocycles. The van der Waals surface area contributed by atoms with Crippen LogP contribution in [0.3, 0.4) is 0 Å². The summed E-state index contributed by atoms with van der Waals surface area (Å²) in [5.74, 6) is -0.594. The van der Waals surface area contributed by atoms with Gasteiger partial charge >= 0.3 is 0 Å². The van der Waals surface area contributed by atoms with Crippen molar-refractivity contribution in [1.82, 2.24) is 4.72 Å². The third kappa shape index (κ3) is 4.91. The Morgan fingerprint density at radius 2 is 1.74 bits per heavy atom. The predicted molar refractivity (Wildman–Crippen MR) is 137 cm³/mol. The van der Waals surface area contributed by atoms with Crippen LogP contribution in [-0.2, 0) is 22.9 Å². The number of sulfonamides is 1. The van der Waals surface area contributed by atoms with Crippen LogP contribution in [0.15, 0.2) is 82.4 Å². The van der Waals surface area contributed by atoms with Gasteiger partial charge in [-0.2, -0.15) is 0 Å². The highest BCUT2D eigenvalue weighted by Crippen LogP contribution is 2.30. The molecule has 1 aromatic heterocycles. The lowest BCUT2D eigenvalue weighted by atomic mass is 9.94. The van der Waals surface area contributed by atoms with Crippen molar-refractivity contribution in [2.24, 2.45) is 0 Å². The summed E-state index contributed by atoms with van der Waals surface area (Å²) >= 11 is 1.19. The minimum Gasteiger partial charge on any atom is -0.322 e. The van der Waals surface area contributed by atoms with Gasteiger partial charge in [-0.25, -0.2) is 17.5 Å². The summed E-state index contributed by atoms with van der Waals surface area (Å²) in [5.41, 5.74) is 5.65. The van der Waals surface area contributed by atoms with Crippen LogP contribution in [-0.4, -0.2) is 20.4 Å². The Labute approximate surface area is 207 Å². The number of amides is 1. The van der Waals surface area contributed by atoms with Gasteiger partial charge in [0.1, 0.15) is 10.0 Å². The molecule has 1 aliphatic rings. The molecule has 1 aliphatic carbocycles. The Balaban J connectivity index is 1.34. The van der Waals surface area contributed by atoms with Crippen LogP contribution in [0.2, 0.25) is 0 Å². The highest BCUT2D eigenvalue weighted by atomic mass is 32.2. The van der Waals surface area contributed by atoms with Crippen molar-refractivity contribution in [2.75, 3.05) is 5.32 Å². The van der Waals surface area contributed by atoms with Gasteiger partial charge in [-0.1, -0.05) is 36.4 Å². The summed E-state index contributed by atoms with van der Waals surface area (Å²) in [6, 6.07) is 20.3. The van der Waals surface area contributed by atoms with Gasteiger partial charge in [-0.3, -0.25) is 4.79 Å². The molecule has 1 amide bonds. The van der Waals surface area contributed by atoms with E-state index < -0.39 is 10.0 Å². The number of fused-ring (bicyclic) bond motifs is 1. The Kier molecular flexibility index (Phi) is 6.27. The first-order valence-corrected chi connectivity index (χ1v) is 13.5. The Hall–Kier alpha value is -3.33. The summed E-state index contributed by atoms with van der Waals surface area (Å²) in [7, 11) is -3.55. The smallest absolute Gasteiger partial charge is 0.256 e. The fourth-order valence-corrected chi connectivity index (χ4v) is 6.77. The van der Waals surface area contributed by atoms with E-state index in [1.54, 1.807) is 35.7 Å². The molecule has 0 saturated carbocycles. The fraction of sp³-hybridized carbons (Fsp3) is 0.148. The van der Waals surface area contributed by atoms with E-state index in [4.69, 9.17) is 0 Å². The number of nitrogens with one attached hydrogen (secondary N) is 2. The van der Waals surface area contributed by atoms with E-state index in [1.165, 1.54) is 23.5 Å². The number of halogens is 1. The van der Waals surface area contributed by atoms with Crippen molar-refractivity contribution in [2.45, 2.75) is 30.0 Å². The van der Waals surface area contributed by atoms with Crippen LogP contribution in [0.25, 0.3) is 11.1 Å². The van der Waals surface area contributed by atoms with Crippen molar-refractivity contribution in [1.29, 1.82) is 0 Å². The zero-order valence-electron chi connectivity index (χ0n) is 18.9. The Bertz CT molecular complexity index is 1500. The molecule has 4 aromatic rings. The van der Waals surface area contributed by atoms with Crippen molar-refractivity contribution in [3.63, 3.8) is 0 Å². The van der Waals surface area contributed by atoms with E-state index in [2.05, 4.69) is 10.0 Å². The normalized spacial score (nSPS) is 15.1. The molecule has 1 unspecified atom stereocenters. The minimum absolute atomic E-state index is 0.232. The maximum atomic E-state index is 13.4. The van der Waals surface area contributed by atoms with Crippen molar-refractivity contribution in [3.05, 3.63) is 106 Å². The first-order valence-electron chi connectivity index (χ1n) is 11.1. The van der Waals surface area contributed by atoms with E-state index in [0.717, 1.165) is 27.8 Å². The number of anilines is 1. The number of hydrogen-bond donors (Lipinski definition) is 2. The number of thiophene rings is 1. The predicted octanol–water partition coefficient (Wildman–Crippen LogP) is 5.56. The van der Waals surface area contributed by atoms with Gasteiger partial charge in [0.15, 0.2) is 0 Å². The minimum atomic E-state index is -3.55. The SMILES string of the molecule is Cc1cccc(C(=O)Nc2ccc3c(c2)CC(NS(=O)(=O)c2cccs2)C3)c1-c1ccc(F)cc1. The molecule has 0 saturated heterocycles. The van der Waals surface area contributed by atoms with Gasteiger partial charge in [0, 0.05) is 17.3 Å². The van der Waals surface area contributed by atoms with Gasteiger partial charge in [0.25, 0.3) is 5.91 Å². The third-order valence-electron chi connectivity index (χ3n) is 6.13. The molecule has 0 spiro atoms. The van der Waals surface area contributed by atoms with E-state index in [-0.39, 0.29) is 17.8 Å². The van der Waals surface area contributed by atoms with Crippen LogP contribution in [0.4, 0.5) is 10.1 Å². The number of carbonyl (C=O) groups is 1. The molecule has 178 valence electrons. The highest BCUT2D eigenvalue weighted by molar-refractivity contribution is 7.91. The van der Waals surface area contributed by atoms with Crippen LogP contribution < -0.4 is 10.0 Å². The fourth-order valence-electron chi connectivity index (χ4n) is 4.53. The molecule has 0 fully saturated rings. The molecule has 35 heavy (non-hydrogen) atoms. The lowest BCUT2D eigenvalue weighted by molar-refractivity contribution is 0.102. The molecule has 5 nitrogen and oxygen atoms in total. The van der Waals surface area contributed by atoms with Gasteiger partial charge in [-0.05, 0) is 89.4 Å². The third-order valence-corrected chi connectivity index (χ3v) is 9.05. The average Bonchev–Trinajstić information content (AvgIpc) is 3.49. The summed E-state index contributed by atoms with van der Waals surface area (Å²) < 4.78 is 41.7. The number of rotatable bonds is 6. The number of benzene rings is 3. The molecule has 1 atom stereocenters. The van der Waals surface area contributed by atoms with E-state index >= 15 is 0 Å². The summed E-state index contributed by atoms with van der Waals surface area (Å²) in [5, 5.41) is 4.71. The zero-order chi connectivity index (χ0) is 24.6. The summed E-state index contributed by atoms with van der Waals surface area (Å²) in [6.07, 6.45) is 1.15. The quantitative estimate of drug-likeness (QED) is 0.360. The largest absolute Gasteiger partial charge is 0.322 e. The van der Waals surface area contributed by atoms with E-state index in [0.29, 0.717) is 28.3 Å². The molecule has 0 bridgehead atoms. The van der Waals surface area contributed by atoms with Crippen LogP contribution >= 0.6 is 11.3 Å². The maximum absolute atomic E-state index is 13.4. The molecule has 0 radical (unpaired) electrons. The lowest BCUT2D eigenvalue weighted by Crippen LogP contribution is -2.34. The second kappa shape index (κ2) is 9.37. The second-order valence-electron chi connectivity index (χ2n) is 8.60. The van der Waals surface area contributed by atoms with Crippen LogP contribution in [0, 0.1) is 12.7 Å². The maximum Gasteiger partial charge on any atom is 0.256 e. The van der Waals surface area contributed by atoms with Gasteiger partial charge in [0.2, 0.25) is 10.0 Å². The van der Waals surface area contributed by atoms with E-state index in [9.17, 15) is 17.6 Å². The molecule has 5 rings (SSSR count). The van der Waals surface area contributed by atoms with Gasteiger partial charge < -0.3 is 5.32 Å². The standard InChI is InChI=1S/C27H23FN2O3S2/c1-17-4-2-5-24(26(17)18-7-10-21(28)11-8-18)27(31)29-22-12-9-19-14-23(16-20(19)15-22)30-35(32,33)25-6-3-13-34-25/h2-13,15,23,30H,14,16H2,1H3,(H,29,31). The molecule has 3 aromatic carbocycles. The topological polar surface area (TPSA) is 75.3 Å². The van der Waals surface area contributed by atoms with Crippen molar-refractivity contribution >= 4 is 33.0 Å². The first kappa shape index (κ1) is 23.4. The molecule has 2 N–H and O–H groups in total. The van der Waals surface area contributed by atoms with Gasteiger partial charge in [0.05, 0.1) is 0 Å². The molecule has 0 aliphatic heterocycles. The van der Waals surface area contributed by atoms with Crippen LogP contribution in [0.1, 0.15) is 27.0 Å². The molecule has 8 heteroatoms. The van der Waals surface area contributed by atoms with E-state index in [1.807, 2.05) is 37.3 Å².